The number of aromatic amines is 1. The van der Waals surface area contributed by atoms with Crippen LogP contribution in [0, 0.1) is 0 Å². The van der Waals surface area contributed by atoms with Gasteiger partial charge in [-0.1, -0.05) is 11.8 Å². The molecule has 0 bridgehead atoms. The van der Waals surface area contributed by atoms with Crippen molar-refractivity contribution in [1.82, 2.24) is 14.8 Å². The molecular weight excluding hydrogens is 382 g/mol. The SMILES string of the molecule is CC(=O)Nc1ccc(NC(=O)[C@@H](C)Sc2n[nH]c(=O)n2C[C@@H]2CCCO2)cc1. The predicted octanol–water partition coefficient (Wildman–Crippen LogP) is 1.83. The molecule has 2 amide bonds. The van der Waals surface area contributed by atoms with Crippen molar-refractivity contribution in [3.63, 3.8) is 0 Å². The maximum atomic E-state index is 12.5. The van der Waals surface area contributed by atoms with E-state index in [1.165, 1.54) is 23.3 Å². The Bertz CT molecular complexity index is 886. The van der Waals surface area contributed by atoms with Crippen LogP contribution in [0.4, 0.5) is 11.4 Å². The summed E-state index contributed by atoms with van der Waals surface area (Å²) in [6.45, 7) is 4.32. The van der Waals surface area contributed by atoms with Crippen LogP contribution in [0.15, 0.2) is 34.2 Å². The summed E-state index contributed by atoms with van der Waals surface area (Å²) in [6, 6.07) is 6.84. The molecule has 9 nitrogen and oxygen atoms in total. The van der Waals surface area contributed by atoms with Crippen LogP contribution >= 0.6 is 11.8 Å². The molecule has 0 saturated carbocycles. The third-order valence-electron chi connectivity index (χ3n) is 4.26. The van der Waals surface area contributed by atoms with Crippen LogP contribution in [0.25, 0.3) is 0 Å². The lowest BCUT2D eigenvalue weighted by Crippen LogP contribution is -2.26. The monoisotopic (exact) mass is 405 g/mol. The molecule has 28 heavy (non-hydrogen) atoms. The zero-order valence-corrected chi connectivity index (χ0v) is 16.5. The number of nitrogens with zero attached hydrogens (tertiary/aromatic N) is 2. The van der Waals surface area contributed by atoms with Crippen LogP contribution in [-0.4, -0.2) is 44.5 Å². The molecule has 2 heterocycles. The summed E-state index contributed by atoms with van der Waals surface area (Å²) in [7, 11) is 0. The highest BCUT2D eigenvalue weighted by molar-refractivity contribution is 8.00. The number of ether oxygens (including phenoxy) is 1. The van der Waals surface area contributed by atoms with Crippen molar-refractivity contribution in [1.29, 1.82) is 0 Å². The molecule has 150 valence electrons. The van der Waals surface area contributed by atoms with Gasteiger partial charge in [0.15, 0.2) is 5.16 Å². The molecule has 2 aromatic rings. The Morgan fingerprint density at radius 3 is 2.61 bits per heavy atom. The Morgan fingerprint density at radius 1 is 1.32 bits per heavy atom. The van der Waals surface area contributed by atoms with E-state index in [4.69, 9.17) is 4.74 Å². The molecule has 1 aliphatic rings. The van der Waals surface area contributed by atoms with E-state index in [2.05, 4.69) is 20.8 Å². The van der Waals surface area contributed by atoms with Crippen LogP contribution < -0.4 is 16.3 Å². The molecule has 1 aliphatic heterocycles. The molecule has 10 heteroatoms. The zero-order valence-electron chi connectivity index (χ0n) is 15.7. The standard InChI is InChI=1S/C18H23N5O4S/c1-11(16(25)20-14-7-5-13(6-8-14)19-12(2)24)28-18-22-21-17(26)23(18)10-15-4-3-9-27-15/h5-8,11,15H,3-4,9-10H2,1-2H3,(H,19,24)(H,20,25)(H,21,26)/t11-,15+/m1/s1. The highest BCUT2D eigenvalue weighted by atomic mass is 32.2. The van der Waals surface area contributed by atoms with Crippen molar-refractivity contribution in [2.45, 2.75) is 49.7 Å². The molecule has 1 saturated heterocycles. The molecule has 0 spiro atoms. The molecule has 0 radical (unpaired) electrons. The van der Waals surface area contributed by atoms with E-state index in [0.717, 1.165) is 12.8 Å². The van der Waals surface area contributed by atoms with Gasteiger partial charge < -0.3 is 15.4 Å². The fourth-order valence-corrected chi connectivity index (χ4v) is 3.71. The Labute approximate surface area is 166 Å². The lowest BCUT2D eigenvalue weighted by atomic mass is 10.2. The first-order chi connectivity index (χ1) is 13.4. The lowest BCUT2D eigenvalue weighted by Gasteiger charge is -2.14. The van der Waals surface area contributed by atoms with Gasteiger partial charge in [-0.2, -0.15) is 0 Å². The molecule has 0 unspecified atom stereocenters. The van der Waals surface area contributed by atoms with Crippen molar-refractivity contribution < 1.29 is 14.3 Å². The van der Waals surface area contributed by atoms with Crippen molar-refractivity contribution >= 4 is 35.0 Å². The number of hydrogen-bond acceptors (Lipinski definition) is 6. The van der Waals surface area contributed by atoms with Crippen LogP contribution in [-0.2, 0) is 20.9 Å². The quantitative estimate of drug-likeness (QED) is 0.605. The zero-order chi connectivity index (χ0) is 20.1. The van der Waals surface area contributed by atoms with Crippen LogP contribution in [0.3, 0.4) is 0 Å². The molecular formula is C18H23N5O4S. The third kappa shape index (κ3) is 5.23. The molecule has 1 aromatic heterocycles. The van der Waals surface area contributed by atoms with Crippen molar-refractivity contribution in [3.8, 4) is 0 Å². The van der Waals surface area contributed by atoms with Gasteiger partial charge in [0.05, 0.1) is 17.9 Å². The molecule has 3 N–H and O–H groups in total. The van der Waals surface area contributed by atoms with E-state index in [0.29, 0.717) is 29.7 Å². The minimum Gasteiger partial charge on any atom is -0.376 e. The fourth-order valence-electron chi connectivity index (χ4n) is 2.84. The number of aromatic nitrogens is 3. The third-order valence-corrected chi connectivity index (χ3v) is 5.35. The molecule has 0 aliphatic carbocycles. The molecule has 3 rings (SSSR count). The van der Waals surface area contributed by atoms with Gasteiger partial charge >= 0.3 is 5.69 Å². The number of carbonyl (C=O) groups excluding carboxylic acids is 2. The number of anilines is 2. The Kier molecular flexibility index (Phi) is 6.53. The number of hydrogen-bond donors (Lipinski definition) is 3. The number of benzene rings is 1. The number of nitrogens with one attached hydrogen (secondary N) is 3. The second-order valence-electron chi connectivity index (χ2n) is 6.56. The van der Waals surface area contributed by atoms with E-state index in [-0.39, 0.29) is 23.6 Å². The highest BCUT2D eigenvalue weighted by Gasteiger charge is 2.23. The average molecular weight is 405 g/mol. The first-order valence-corrected chi connectivity index (χ1v) is 9.92. The van der Waals surface area contributed by atoms with Gasteiger partial charge in [0.2, 0.25) is 11.8 Å². The summed E-state index contributed by atoms with van der Waals surface area (Å²) in [5, 5.41) is 12.0. The van der Waals surface area contributed by atoms with E-state index in [1.54, 1.807) is 31.2 Å². The van der Waals surface area contributed by atoms with Gasteiger partial charge in [0.25, 0.3) is 0 Å². The summed E-state index contributed by atoms with van der Waals surface area (Å²) < 4.78 is 7.11. The van der Waals surface area contributed by atoms with Gasteiger partial charge in [-0.25, -0.2) is 9.89 Å². The lowest BCUT2D eigenvalue weighted by molar-refractivity contribution is -0.115. The van der Waals surface area contributed by atoms with Gasteiger partial charge in [-0.15, -0.1) is 5.10 Å². The summed E-state index contributed by atoms with van der Waals surface area (Å²) in [5.41, 5.74) is 0.965. The van der Waals surface area contributed by atoms with E-state index in [9.17, 15) is 14.4 Å². The number of carbonyl (C=O) groups is 2. The topological polar surface area (TPSA) is 118 Å². The first-order valence-electron chi connectivity index (χ1n) is 9.04. The van der Waals surface area contributed by atoms with Crippen LogP contribution in [0.1, 0.15) is 26.7 Å². The van der Waals surface area contributed by atoms with Gasteiger partial charge in [0, 0.05) is 24.9 Å². The van der Waals surface area contributed by atoms with E-state index in [1.807, 2.05) is 0 Å². The average Bonchev–Trinajstić information content (AvgIpc) is 3.28. The molecule has 2 atom stereocenters. The van der Waals surface area contributed by atoms with Gasteiger partial charge in [-0.05, 0) is 44.0 Å². The fraction of sp³-hybridized carbons (Fsp3) is 0.444. The molecule has 1 aromatic carbocycles. The van der Waals surface area contributed by atoms with Gasteiger partial charge in [-0.3, -0.25) is 14.2 Å². The van der Waals surface area contributed by atoms with Crippen molar-refractivity contribution in [2.24, 2.45) is 0 Å². The first kappa shape index (κ1) is 20.2. The summed E-state index contributed by atoms with van der Waals surface area (Å²) in [5.74, 6) is -0.369. The summed E-state index contributed by atoms with van der Waals surface area (Å²) in [4.78, 5) is 35.6. The minimum atomic E-state index is -0.464. The maximum Gasteiger partial charge on any atom is 0.344 e. The van der Waals surface area contributed by atoms with Gasteiger partial charge in [0.1, 0.15) is 0 Å². The van der Waals surface area contributed by atoms with Crippen LogP contribution in [0.5, 0.6) is 0 Å². The predicted molar refractivity (Wildman–Crippen MR) is 107 cm³/mol. The second-order valence-corrected chi connectivity index (χ2v) is 7.87. The van der Waals surface area contributed by atoms with Crippen molar-refractivity contribution in [3.05, 3.63) is 34.7 Å². The van der Waals surface area contributed by atoms with E-state index >= 15 is 0 Å². The molecule has 1 fully saturated rings. The smallest absolute Gasteiger partial charge is 0.344 e. The Balaban J connectivity index is 1.60. The van der Waals surface area contributed by atoms with E-state index < -0.39 is 5.25 Å². The highest BCUT2D eigenvalue weighted by Crippen LogP contribution is 2.23. The number of H-pyrrole nitrogens is 1. The normalized spacial score (nSPS) is 17.3. The summed E-state index contributed by atoms with van der Waals surface area (Å²) >= 11 is 1.21. The maximum absolute atomic E-state index is 12.5. The Morgan fingerprint density at radius 2 is 2.00 bits per heavy atom. The number of rotatable bonds is 7. The van der Waals surface area contributed by atoms with Crippen LogP contribution in [0.2, 0.25) is 0 Å². The van der Waals surface area contributed by atoms with Crippen molar-refractivity contribution in [2.75, 3.05) is 17.2 Å². The summed E-state index contributed by atoms with van der Waals surface area (Å²) in [6.07, 6.45) is 1.90. The Hall–Kier alpha value is -2.59. The number of thioether (sulfide) groups is 1. The number of amides is 2. The second kappa shape index (κ2) is 9.07. The largest absolute Gasteiger partial charge is 0.376 e. The minimum absolute atomic E-state index is 0.000842.